The van der Waals surface area contributed by atoms with E-state index < -0.39 is 0 Å². The zero-order chi connectivity index (χ0) is 14.5. The number of amides is 1. The van der Waals surface area contributed by atoms with E-state index in [0.29, 0.717) is 18.2 Å². The molecule has 1 amide bonds. The van der Waals surface area contributed by atoms with Gasteiger partial charge in [0.2, 0.25) is 0 Å². The standard InChI is InChI=1S/C15H18BrN3O/c1-10(2)7-8-17-15(20)14-9-13(18-19-14)11-3-5-12(16)6-4-11/h3-6,9-10H,7-8H2,1-2H3,(H,17,20)(H,18,19). The molecule has 0 radical (unpaired) electrons. The molecule has 0 aliphatic heterocycles. The molecule has 106 valence electrons. The number of hydrogen-bond donors (Lipinski definition) is 2. The Labute approximate surface area is 127 Å². The summed E-state index contributed by atoms with van der Waals surface area (Å²) < 4.78 is 1.02. The van der Waals surface area contributed by atoms with Gasteiger partial charge < -0.3 is 5.32 Å². The van der Waals surface area contributed by atoms with E-state index in [1.54, 1.807) is 6.07 Å². The third kappa shape index (κ3) is 3.93. The summed E-state index contributed by atoms with van der Waals surface area (Å²) in [6.45, 7) is 4.95. The molecule has 0 unspecified atom stereocenters. The molecule has 1 aromatic heterocycles. The van der Waals surface area contributed by atoms with Crippen molar-refractivity contribution in [1.29, 1.82) is 0 Å². The van der Waals surface area contributed by atoms with E-state index in [1.165, 1.54) is 0 Å². The Bertz CT molecular complexity index is 575. The number of carbonyl (C=O) groups excluding carboxylic acids is 1. The highest BCUT2D eigenvalue weighted by molar-refractivity contribution is 9.10. The molecular formula is C15H18BrN3O. The van der Waals surface area contributed by atoms with Crippen LogP contribution in [0.5, 0.6) is 0 Å². The number of nitrogens with one attached hydrogen (secondary N) is 2. The number of halogens is 1. The van der Waals surface area contributed by atoms with Crippen molar-refractivity contribution < 1.29 is 4.79 Å². The van der Waals surface area contributed by atoms with Crippen molar-refractivity contribution in [1.82, 2.24) is 15.5 Å². The van der Waals surface area contributed by atoms with Crippen molar-refractivity contribution in [2.75, 3.05) is 6.54 Å². The minimum atomic E-state index is -0.110. The molecule has 1 heterocycles. The Kier molecular flexibility index (Phi) is 4.95. The summed E-state index contributed by atoms with van der Waals surface area (Å²) in [7, 11) is 0. The van der Waals surface area contributed by atoms with Crippen LogP contribution < -0.4 is 5.32 Å². The fourth-order valence-corrected chi connectivity index (χ4v) is 2.04. The van der Waals surface area contributed by atoms with Crippen LogP contribution in [0.3, 0.4) is 0 Å². The molecule has 0 fully saturated rings. The Morgan fingerprint density at radius 2 is 2.05 bits per heavy atom. The number of aromatic amines is 1. The van der Waals surface area contributed by atoms with Gasteiger partial charge in [-0.05, 0) is 30.5 Å². The Hall–Kier alpha value is -1.62. The fourth-order valence-electron chi connectivity index (χ4n) is 1.78. The second-order valence-corrected chi connectivity index (χ2v) is 6.03. The highest BCUT2D eigenvalue weighted by Crippen LogP contribution is 2.20. The zero-order valence-corrected chi connectivity index (χ0v) is 13.2. The molecule has 2 N–H and O–H groups in total. The van der Waals surface area contributed by atoms with E-state index >= 15 is 0 Å². The Morgan fingerprint density at radius 1 is 1.35 bits per heavy atom. The van der Waals surface area contributed by atoms with Crippen LogP contribution in [-0.2, 0) is 0 Å². The number of rotatable bonds is 5. The van der Waals surface area contributed by atoms with Crippen molar-refractivity contribution in [3.8, 4) is 11.3 Å². The van der Waals surface area contributed by atoms with Gasteiger partial charge in [0.05, 0.1) is 5.69 Å². The first kappa shape index (κ1) is 14.8. The molecule has 0 saturated carbocycles. The first-order valence-corrected chi connectivity index (χ1v) is 7.45. The highest BCUT2D eigenvalue weighted by atomic mass is 79.9. The second kappa shape index (κ2) is 6.70. The van der Waals surface area contributed by atoms with Crippen molar-refractivity contribution in [3.05, 3.63) is 40.5 Å². The van der Waals surface area contributed by atoms with Crippen LogP contribution in [0.1, 0.15) is 30.8 Å². The maximum atomic E-state index is 11.9. The molecular weight excluding hydrogens is 318 g/mol. The van der Waals surface area contributed by atoms with E-state index in [1.807, 2.05) is 24.3 Å². The predicted octanol–water partition coefficient (Wildman–Crippen LogP) is 3.62. The minimum Gasteiger partial charge on any atom is -0.351 e. The second-order valence-electron chi connectivity index (χ2n) is 5.11. The van der Waals surface area contributed by atoms with Gasteiger partial charge in [-0.2, -0.15) is 5.10 Å². The number of benzene rings is 1. The zero-order valence-electron chi connectivity index (χ0n) is 11.6. The number of nitrogens with zero attached hydrogens (tertiary/aromatic N) is 1. The van der Waals surface area contributed by atoms with Crippen LogP contribution in [0.4, 0.5) is 0 Å². The lowest BCUT2D eigenvalue weighted by molar-refractivity contribution is 0.0947. The van der Waals surface area contributed by atoms with Crippen molar-refractivity contribution >= 4 is 21.8 Å². The first-order valence-electron chi connectivity index (χ1n) is 6.66. The number of carbonyl (C=O) groups is 1. The van der Waals surface area contributed by atoms with Crippen molar-refractivity contribution in [2.24, 2.45) is 5.92 Å². The monoisotopic (exact) mass is 335 g/mol. The van der Waals surface area contributed by atoms with E-state index in [2.05, 4.69) is 45.3 Å². The van der Waals surface area contributed by atoms with E-state index in [-0.39, 0.29) is 5.91 Å². The SMILES string of the molecule is CC(C)CCNC(=O)c1cc(-c2ccc(Br)cc2)n[nH]1. The number of hydrogen-bond acceptors (Lipinski definition) is 2. The van der Waals surface area contributed by atoms with Crippen molar-refractivity contribution in [3.63, 3.8) is 0 Å². The lowest BCUT2D eigenvalue weighted by Crippen LogP contribution is -2.25. The summed E-state index contributed by atoms with van der Waals surface area (Å²) in [6.07, 6.45) is 0.972. The Balaban J connectivity index is 2.01. The average Bonchev–Trinajstić information content (AvgIpc) is 2.88. The molecule has 20 heavy (non-hydrogen) atoms. The van der Waals surface area contributed by atoms with Gasteiger partial charge in [0.1, 0.15) is 5.69 Å². The van der Waals surface area contributed by atoms with Crippen LogP contribution in [0.2, 0.25) is 0 Å². The minimum absolute atomic E-state index is 0.110. The van der Waals surface area contributed by atoms with E-state index in [4.69, 9.17) is 0 Å². The summed E-state index contributed by atoms with van der Waals surface area (Å²) >= 11 is 3.39. The Morgan fingerprint density at radius 3 is 2.70 bits per heavy atom. The summed E-state index contributed by atoms with van der Waals surface area (Å²) in [6, 6.07) is 9.59. The molecule has 1 aromatic carbocycles. The maximum Gasteiger partial charge on any atom is 0.269 e. The molecule has 0 aliphatic rings. The summed E-state index contributed by atoms with van der Waals surface area (Å²) in [4.78, 5) is 11.9. The topological polar surface area (TPSA) is 57.8 Å². The van der Waals surface area contributed by atoms with Gasteiger partial charge in [-0.3, -0.25) is 9.89 Å². The first-order chi connectivity index (χ1) is 9.56. The van der Waals surface area contributed by atoms with Crippen LogP contribution in [-0.4, -0.2) is 22.6 Å². The molecule has 2 rings (SSSR count). The molecule has 0 aliphatic carbocycles. The lowest BCUT2D eigenvalue weighted by Gasteiger charge is -2.05. The van der Waals surface area contributed by atoms with Gasteiger partial charge >= 0.3 is 0 Å². The highest BCUT2D eigenvalue weighted by Gasteiger charge is 2.10. The molecule has 0 saturated heterocycles. The van der Waals surface area contributed by atoms with Gasteiger partial charge in [-0.15, -0.1) is 0 Å². The molecule has 0 spiro atoms. The molecule has 4 nitrogen and oxygen atoms in total. The van der Waals surface area contributed by atoms with Gasteiger partial charge in [0.15, 0.2) is 0 Å². The van der Waals surface area contributed by atoms with Gasteiger partial charge in [-0.1, -0.05) is 41.9 Å². The van der Waals surface area contributed by atoms with Gasteiger partial charge in [0, 0.05) is 16.6 Å². The van der Waals surface area contributed by atoms with Crippen LogP contribution in [0.25, 0.3) is 11.3 Å². The quantitative estimate of drug-likeness (QED) is 0.876. The largest absolute Gasteiger partial charge is 0.351 e. The van der Waals surface area contributed by atoms with Crippen LogP contribution in [0, 0.1) is 5.92 Å². The molecule has 0 atom stereocenters. The maximum absolute atomic E-state index is 11.9. The van der Waals surface area contributed by atoms with Crippen molar-refractivity contribution in [2.45, 2.75) is 20.3 Å². The third-order valence-electron chi connectivity index (χ3n) is 2.97. The molecule has 2 aromatic rings. The predicted molar refractivity (Wildman–Crippen MR) is 83.5 cm³/mol. The summed E-state index contributed by atoms with van der Waals surface area (Å²) in [5, 5.41) is 9.85. The molecule has 5 heteroatoms. The lowest BCUT2D eigenvalue weighted by atomic mass is 10.1. The molecule has 0 bridgehead atoms. The number of aromatic nitrogens is 2. The van der Waals surface area contributed by atoms with Gasteiger partial charge in [0.25, 0.3) is 5.91 Å². The van der Waals surface area contributed by atoms with Crippen LogP contribution in [0.15, 0.2) is 34.8 Å². The van der Waals surface area contributed by atoms with Gasteiger partial charge in [-0.25, -0.2) is 0 Å². The van der Waals surface area contributed by atoms with E-state index in [9.17, 15) is 4.79 Å². The summed E-state index contributed by atoms with van der Waals surface area (Å²) in [5.74, 6) is 0.469. The summed E-state index contributed by atoms with van der Waals surface area (Å²) in [5.41, 5.74) is 2.24. The normalized spacial score (nSPS) is 10.8. The third-order valence-corrected chi connectivity index (χ3v) is 3.50. The van der Waals surface area contributed by atoms with Crippen LogP contribution >= 0.6 is 15.9 Å². The average molecular weight is 336 g/mol. The van der Waals surface area contributed by atoms with E-state index in [0.717, 1.165) is 22.2 Å². The smallest absolute Gasteiger partial charge is 0.269 e. The number of H-pyrrole nitrogens is 1. The fraction of sp³-hybridized carbons (Fsp3) is 0.333.